The predicted octanol–water partition coefficient (Wildman–Crippen LogP) is 5.20. The number of aliphatic hydroxyl groups is 1. The summed E-state index contributed by atoms with van der Waals surface area (Å²) < 4.78 is 6.69. The van der Waals surface area contributed by atoms with Crippen molar-refractivity contribution in [3.05, 3.63) is 101 Å². The van der Waals surface area contributed by atoms with Gasteiger partial charge in [-0.15, -0.1) is 0 Å². The Bertz CT molecular complexity index is 1090. The summed E-state index contributed by atoms with van der Waals surface area (Å²) in [4.78, 5) is 2.49. The molecule has 2 unspecified atom stereocenters. The second-order valence-corrected chi connectivity index (χ2v) is 10.2. The van der Waals surface area contributed by atoms with Crippen molar-refractivity contribution >= 4 is 0 Å². The maximum atomic E-state index is 10.9. The highest BCUT2D eigenvalue weighted by Crippen LogP contribution is 2.39. The summed E-state index contributed by atoms with van der Waals surface area (Å²) in [7, 11) is 0. The van der Waals surface area contributed by atoms with E-state index in [2.05, 4.69) is 60.4 Å². The number of hydrogen-bond donors (Lipinski definition) is 2. The summed E-state index contributed by atoms with van der Waals surface area (Å²) in [6.45, 7) is 5.56. The molecule has 0 bridgehead atoms. The van der Waals surface area contributed by atoms with E-state index in [4.69, 9.17) is 4.74 Å². The molecule has 2 atom stereocenters. The number of likely N-dealkylation sites (tertiary alicyclic amines) is 1. The molecule has 3 aromatic carbocycles. The van der Waals surface area contributed by atoms with Crippen LogP contribution in [0.4, 0.5) is 0 Å². The van der Waals surface area contributed by atoms with Gasteiger partial charge in [0, 0.05) is 32.0 Å². The second-order valence-electron chi connectivity index (χ2n) is 10.2. The van der Waals surface area contributed by atoms with Gasteiger partial charge in [0.25, 0.3) is 0 Å². The first-order chi connectivity index (χ1) is 16.5. The molecule has 5 rings (SSSR count). The summed E-state index contributed by atoms with van der Waals surface area (Å²) >= 11 is 0. The molecule has 0 saturated carbocycles. The standard InChI is InChI=1S/C30H35NO3/c1-22-7-9-23(10-8-22)19-30(34-21-24-5-3-2-4-6-24)13-15-31(16-14-30)20-26-17-25-18-27(32)11-12-28(25)29(26)33/h2-12,18,26,29,32-33H,13-17,19-21H2,1H3. The van der Waals surface area contributed by atoms with Crippen LogP contribution in [0.25, 0.3) is 0 Å². The Balaban J connectivity index is 1.24. The van der Waals surface area contributed by atoms with E-state index >= 15 is 0 Å². The number of fused-ring (bicyclic) bond motifs is 1. The van der Waals surface area contributed by atoms with Crippen LogP contribution in [0.15, 0.2) is 72.8 Å². The molecule has 4 nitrogen and oxygen atoms in total. The minimum atomic E-state index is -0.454. The van der Waals surface area contributed by atoms with Crippen LogP contribution >= 0.6 is 0 Å². The molecule has 0 spiro atoms. The number of rotatable bonds is 7. The fraction of sp³-hybridized carbons (Fsp3) is 0.400. The zero-order valence-electron chi connectivity index (χ0n) is 20.0. The maximum absolute atomic E-state index is 10.9. The monoisotopic (exact) mass is 457 g/mol. The van der Waals surface area contributed by atoms with Crippen LogP contribution in [0.3, 0.4) is 0 Å². The average molecular weight is 458 g/mol. The van der Waals surface area contributed by atoms with E-state index in [0.29, 0.717) is 6.61 Å². The molecule has 2 N–H and O–H groups in total. The highest BCUT2D eigenvalue weighted by molar-refractivity contribution is 5.40. The van der Waals surface area contributed by atoms with Crippen molar-refractivity contribution < 1.29 is 14.9 Å². The molecule has 1 heterocycles. The Morgan fingerprint density at radius 2 is 1.68 bits per heavy atom. The minimum absolute atomic E-state index is 0.173. The SMILES string of the molecule is Cc1ccc(CC2(OCc3ccccc3)CCN(CC3Cc4cc(O)ccc4C3O)CC2)cc1. The fourth-order valence-electron chi connectivity index (χ4n) is 5.61. The Labute approximate surface area is 202 Å². The van der Waals surface area contributed by atoms with Crippen LogP contribution in [0.2, 0.25) is 0 Å². The Morgan fingerprint density at radius 1 is 0.941 bits per heavy atom. The number of piperidine rings is 1. The zero-order valence-corrected chi connectivity index (χ0v) is 20.0. The summed E-state index contributed by atoms with van der Waals surface area (Å²) in [5.41, 5.74) is 5.69. The zero-order chi connectivity index (χ0) is 23.5. The van der Waals surface area contributed by atoms with Crippen molar-refractivity contribution in [3.63, 3.8) is 0 Å². The molecule has 1 saturated heterocycles. The van der Waals surface area contributed by atoms with Gasteiger partial charge in [0.05, 0.1) is 18.3 Å². The van der Waals surface area contributed by atoms with Crippen LogP contribution in [0.1, 0.15) is 46.8 Å². The number of hydrogen-bond acceptors (Lipinski definition) is 4. The molecule has 3 aromatic rings. The Hall–Kier alpha value is -2.66. The molecule has 4 heteroatoms. The van der Waals surface area contributed by atoms with Gasteiger partial charge < -0.3 is 19.8 Å². The van der Waals surface area contributed by atoms with E-state index in [0.717, 1.165) is 56.4 Å². The first kappa shape index (κ1) is 23.1. The normalized spacial score (nSPS) is 21.9. The lowest BCUT2D eigenvalue weighted by molar-refractivity contribution is -0.0955. The largest absolute Gasteiger partial charge is 0.508 e. The van der Waals surface area contributed by atoms with Crippen LogP contribution in [0.5, 0.6) is 5.75 Å². The molecule has 0 aromatic heterocycles. The lowest BCUT2D eigenvalue weighted by Gasteiger charge is -2.43. The third-order valence-corrected chi connectivity index (χ3v) is 7.67. The number of benzene rings is 3. The summed E-state index contributed by atoms with van der Waals surface area (Å²) in [5, 5.41) is 20.7. The van der Waals surface area contributed by atoms with Crippen LogP contribution in [-0.4, -0.2) is 40.3 Å². The van der Waals surface area contributed by atoms with Crippen molar-refractivity contribution in [1.82, 2.24) is 4.90 Å². The van der Waals surface area contributed by atoms with E-state index in [1.165, 1.54) is 16.7 Å². The Morgan fingerprint density at radius 3 is 2.41 bits per heavy atom. The molecular weight excluding hydrogens is 422 g/mol. The van der Waals surface area contributed by atoms with Gasteiger partial charge in [0.1, 0.15) is 5.75 Å². The second kappa shape index (κ2) is 9.91. The number of aryl methyl sites for hydroxylation is 1. The summed E-state index contributed by atoms with van der Waals surface area (Å²) in [6.07, 6.45) is 3.24. The summed E-state index contributed by atoms with van der Waals surface area (Å²) in [5.74, 6) is 0.452. The van der Waals surface area contributed by atoms with E-state index in [-0.39, 0.29) is 17.3 Å². The smallest absolute Gasteiger partial charge is 0.115 e. The number of phenols is 1. The first-order valence-corrected chi connectivity index (χ1v) is 12.5. The van der Waals surface area contributed by atoms with Gasteiger partial charge in [-0.3, -0.25) is 0 Å². The molecule has 1 fully saturated rings. The van der Waals surface area contributed by atoms with Gasteiger partial charge in [-0.25, -0.2) is 0 Å². The fourth-order valence-corrected chi connectivity index (χ4v) is 5.61. The van der Waals surface area contributed by atoms with Crippen molar-refractivity contribution in [2.24, 2.45) is 5.92 Å². The lowest BCUT2D eigenvalue weighted by atomic mass is 9.84. The van der Waals surface area contributed by atoms with Gasteiger partial charge >= 0.3 is 0 Å². The molecule has 0 radical (unpaired) electrons. The van der Waals surface area contributed by atoms with Gasteiger partial charge in [0.15, 0.2) is 0 Å². The molecule has 1 aliphatic carbocycles. The van der Waals surface area contributed by atoms with Crippen molar-refractivity contribution in [1.29, 1.82) is 0 Å². The van der Waals surface area contributed by atoms with Crippen molar-refractivity contribution in [2.75, 3.05) is 19.6 Å². The number of phenolic OH excluding ortho intramolecular Hbond substituents is 1. The third-order valence-electron chi connectivity index (χ3n) is 7.67. The van der Waals surface area contributed by atoms with Gasteiger partial charge in [-0.05, 0) is 60.6 Å². The molecule has 0 amide bonds. The molecule has 34 heavy (non-hydrogen) atoms. The number of nitrogens with zero attached hydrogens (tertiary/aromatic N) is 1. The predicted molar refractivity (Wildman–Crippen MR) is 135 cm³/mol. The first-order valence-electron chi connectivity index (χ1n) is 12.5. The van der Waals surface area contributed by atoms with E-state index in [9.17, 15) is 10.2 Å². The topological polar surface area (TPSA) is 52.9 Å². The maximum Gasteiger partial charge on any atom is 0.115 e. The van der Waals surface area contributed by atoms with Gasteiger partial charge in [-0.2, -0.15) is 0 Å². The van der Waals surface area contributed by atoms with E-state index < -0.39 is 6.10 Å². The molecule has 2 aliphatic rings. The average Bonchev–Trinajstić information content (AvgIpc) is 3.15. The summed E-state index contributed by atoms with van der Waals surface area (Å²) in [6, 6.07) is 24.6. The molecular formula is C30H35NO3. The third kappa shape index (κ3) is 5.20. The molecule has 178 valence electrons. The quantitative estimate of drug-likeness (QED) is 0.512. The van der Waals surface area contributed by atoms with Crippen LogP contribution in [-0.2, 0) is 24.2 Å². The van der Waals surface area contributed by atoms with Crippen LogP contribution in [0, 0.1) is 12.8 Å². The highest BCUT2D eigenvalue weighted by Gasteiger charge is 2.38. The van der Waals surface area contributed by atoms with Gasteiger partial charge in [0.2, 0.25) is 0 Å². The number of ether oxygens (including phenoxy) is 1. The Kier molecular flexibility index (Phi) is 6.73. The van der Waals surface area contributed by atoms with Crippen LogP contribution < -0.4 is 0 Å². The number of aromatic hydroxyl groups is 1. The van der Waals surface area contributed by atoms with E-state index in [1.807, 2.05) is 12.1 Å². The lowest BCUT2D eigenvalue weighted by Crippen LogP contribution is -2.48. The van der Waals surface area contributed by atoms with Crippen molar-refractivity contribution in [3.8, 4) is 5.75 Å². The van der Waals surface area contributed by atoms with Gasteiger partial charge in [-0.1, -0.05) is 66.2 Å². The minimum Gasteiger partial charge on any atom is -0.508 e. The number of aliphatic hydroxyl groups excluding tert-OH is 1. The highest BCUT2D eigenvalue weighted by atomic mass is 16.5. The molecule has 1 aliphatic heterocycles. The van der Waals surface area contributed by atoms with E-state index in [1.54, 1.807) is 12.1 Å². The van der Waals surface area contributed by atoms with Crippen molar-refractivity contribution in [2.45, 2.75) is 50.9 Å².